The molecule has 98 valence electrons. The second-order valence-corrected chi connectivity index (χ2v) is 4.19. The lowest BCUT2D eigenvalue weighted by atomic mass is 9.88. The van der Waals surface area contributed by atoms with E-state index in [2.05, 4.69) is 4.98 Å². The van der Waals surface area contributed by atoms with E-state index in [1.807, 2.05) is 0 Å². The van der Waals surface area contributed by atoms with Crippen LogP contribution in [0.1, 0.15) is 12.1 Å². The van der Waals surface area contributed by atoms with Crippen LogP contribution in [-0.4, -0.2) is 40.4 Å². The summed E-state index contributed by atoms with van der Waals surface area (Å²) in [5.74, 6) is -0.212. The standard InChI is InChI=1S/C11H14N2O5/c1-6-3-4-8(11(12-6)13(15)16)18-9-5-7(14)10(9)17-2/h3-4,7,9-10,14H,5H2,1-2H3. The smallest absolute Gasteiger partial charge is 0.406 e. The van der Waals surface area contributed by atoms with E-state index >= 15 is 0 Å². The van der Waals surface area contributed by atoms with Crippen molar-refractivity contribution >= 4 is 5.82 Å². The molecular weight excluding hydrogens is 240 g/mol. The van der Waals surface area contributed by atoms with Crippen molar-refractivity contribution in [1.29, 1.82) is 0 Å². The van der Waals surface area contributed by atoms with Gasteiger partial charge in [0.1, 0.15) is 17.9 Å². The summed E-state index contributed by atoms with van der Waals surface area (Å²) < 4.78 is 10.5. The molecule has 0 amide bonds. The van der Waals surface area contributed by atoms with Gasteiger partial charge in [-0.05, 0) is 22.0 Å². The number of pyridine rings is 1. The molecule has 3 unspecified atom stereocenters. The van der Waals surface area contributed by atoms with E-state index in [1.165, 1.54) is 13.2 Å². The van der Waals surface area contributed by atoms with Crippen LogP contribution in [0.15, 0.2) is 12.1 Å². The molecule has 2 rings (SSSR count). The minimum atomic E-state index is -0.586. The zero-order valence-corrected chi connectivity index (χ0v) is 10.1. The molecule has 3 atom stereocenters. The van der Waals surface area contributed by atoms with Crippen LogP contribution in [0.25, 0.3) is 0 Å². The Balaban J connectivity index is 2.17. The Morgan fingerprint density at radius 3 is 2.83 bits per heavy atom. The van der Waals surface area contributed by atoms with Gasteiger partial charge in [-0.1, -0.05) is 0 Å². The first-order valence-electron chi connectivity index (χ1n) is 5.52. The Bertz CT molecular complexity index is 465. The maximum atomic E-state index is 10.9. The second kappa shape index (κ2) is 4.87. The lowest BCUT2D eigenvalue weighted by molar-refractivity contribution is -0.391. The Morgan fingerprint density at radius 1 is 1.56 bits per heavy atom. The number of methoxy groups -OCH3 is 1. The molecule has 0 bridgehead atoms. The molecule has 1 heterocycles. The highest BCUT2D eigenvalue weighted by Crippen LogP contribution is 2.32. The van der Waals surface area contributed by atoms with Gasteiger partial charge in [-0.25, -0.2) is 0 Å². The lowest BCUT2D eigenvalue weighted by Gasteiger charge is -2.39. The third-order valence-corrected chi connectivity index (χ3v) is 2.92. The first kappa shape index (κ1) is 12.7. The molecule has 1 N–H and O–H groups in total. The fraction of sp³-hybridized carbons (Fsp3) is 0.545. The molecule has 1 aromatic rings. The maximum Gasteiger partial charge on any atom is 0.406 e. The Hall–Kier alpha value is -1.73. The minimum Gasteiger partial charge on any atom is -0.479 e. The topological polar surface area (TPSA) is 94.7 Å². The Morgan fingerprint density at radius 2 is 2.28 bits per heavy atom. The molecule has 1 aromatic heterocycles. The highest BCUT2D eigenvalue weighted by molar-refractivity contribution is 5.40. The monoisotopic (exact) mass is 254 g/mol. The SMILES string of the molecule is COC1C(O)CC1Oc1ccc(C)nc1[N+](=O)[O-]. The van der Waals surface area contributed by atoms with Gasteiger partial charge >= 0.3 is 5.82 Å². The summed E-state index contributed by atoms with van der Waals surface area (Å²) in [4.78, 5) is 14.1. The molecule has 1 fully saturated rings. The number of aryl methyl sites for hydroxylation is 1. The number of nitro groups is 1. The molecule has 1 saturated carbocycles. The van der Waals surface area contributed by atoms with Crippen LogP contribution in [0, 0.1) is 17.0 Å². The predicted octanol–water partition coefficient (Wildman–Crippen LogP) is 0.825. The summed E-state index contributed by atoms with van der Waals surface area (Å²) in [5.41, 5.74) is 0.547. The molecular formula is C11H14N2O5. The third kappa shape index (κ3) is 2.27. The van der Waals surface area contributed by atoms with Crippen molar-refractivity contribution < 1.29 is 19.5 Å². The van der Waals surface area contributed by atoms with Gasteiger partial charge in [-0.2, -0.15) is 0 Å². The average Bonchev–Trinajstić information content (AvgIpc) is 2.30. The number of rotatable bonds is 4. The number of hydrogen-bond donors (Lipinski definition) is 1. The largest absolute Gasteiger partial charge is 0.479 e. The van der Waals surface area contributed by atoms with Crippen LogP contribution in [0.2, 0.25) is 0 Å². The van der Waals surface area contributed by atoms with Crippen molar-refractivity contribution in [2.45, 2.75) is 31.7 Å². The van der Waals surface area contributed by atoms with Gasteiger partial charge < -0.3 is 24.7 Å². The highest BCUT2D eigenvalue weighted by atomic mass is 16.6. The van der Waals surface area contributed by atoms with Crippen molar-refractivity contribution in [1.82, 2.24) is 4.98 Å². The van der Waals surface area contributed by atoms with Crippen LogP contribution >= 0.6 is 0 Å². The van der Waals surface area contributed by atoms with E-state index in [0.29, 0.717) is 12.1 Å². The van der Waals surface area contributed by atoms with Gasteiger partial charge in [-0.15, -0.1) is 0 Å². The summed E-state index contributed by atoms with van der Waals surface area (Å²) in [7, 11) is 1.46. The van der Waals surface area contributed by atoms with Gasteiger partial charge in [0.05, 0.1) is 6.10 Å². The molecule has 0 aliphatic heterocycles. The van der Waals surface area contributed by atoms with Crippen LogP contribution in [0.5, 0.6) is 5.75 Å². The van der Waals surface area contributed by atoms with Crippen molar-refractivity contribution in [3.8, 4) is 5.75 Å². The molecule has 7 heteroatoms. The lowest BCUT2D eigenvalue weighted by Crippen LogP contribution is -2.54. The summed E-state index contributed by atoms with van der Waals surface area (Å²) in [6.45, 7) is 1.67. The van der Waals surface area contributed by atoms with E-state index in [0.717, 1.165) is 0 Å². The van der Waals surface area contributed by atoms with E-state index in [-0.39, 0.29) is 17.7 Å². The normalized spacial score (nSPS) is 26.5. The van der Waals surface area contributed by atoms with Crippen LogP contribution in [0.4, 0.5) is 5.82 Å². The Kier molecular flexibility index (Phi) is 3.44. The number of aliphatic hydroxyl groups excluding tert-OH is 1. The van der Waals surface area contributed by atoms with Gasteiger partial charge in [-0.3, -0.25) is 0 Å². The molecule has 1 aliphatic carbocycles. The zero-order chi connectivity index (χ0) is 13.3. The number of aromatic nitrogens is 1. The Labute approximate surface area is 104 Å². The number of ether oxygens (including phenoxy) is 2. The molecule has 0 spiro atoms. The predicted molar refractivity (Wildman–Crippen MR) is 61.5 cm³/mol. The summed E-state index contributed by atoms with van der Waals surface area (Å²) in [6, 6.07) is 3.15. The van der Waals surface area contributed by atoms with Crippen LogP contribution in [0.3, 0.4) is 0 Å². The van der Waals surface area contributed by atoms with Crippen molar-refractivity contribution in [2.24, 2.45) is 0 Å². The van der Waals surface area contributed by atoms with Crippen LogP contribution in [-0.2, 0) is 4.74 Å². The van der Waals surface area contributed by atoms with E-state index in [9.17, 15) is 15.2 Å². The molecule has 0 radical (unpaired) electrons. The average molecular weight is 254 g/mol. The van der Waals surface area contributed by atoms with Crippen LogP contribution < -0.4 is 4.74 Å². The highest BCUT2D eigenvalue weighted by Gasteiger charge is 2.43. The number of nitrogens with zero attached hydrogens (tertiary/aromatic N) is 2. The molecule has 0 aromatic carbocycles. The van der Waals surface area contributed by atoms with E-state index in [4.69, 9.17) is 9.47 Å². The zero-order valence-electron chi connectivity index (χ0n) is 10.1. The molecule has 7 nitrogen and oxygen atoms in total. The van der Waals surface area contributed by atoms with Gasteiger partial charge in [0, 0.05) is 20.5 Å². The quantitative estimate of drug-likeness (QED) is 0.631. The third-order valence-electron chi connectivity index (χ3n) is 2.92. The van der Waals surface area contributed by atoms with Gasteiger partial charge in [0.15, 0.2) is 0 Å². The summed E-state index contributed by atoms with van der Waals surface area (Å²) in [6.07, 6.45) is -1.03. The van der Waals surface area contributed by atoms with Gasteiger partial charge in [0.25, 0.3) is 0 Å². The molecule has 18 heavy (non-hydrogen) atoms. The first-order valence-corrected chi connectivity index (χ1v) is 5.52. The van der Waals surface area contributed by atoms with Crippen molar-refractivity contribution in [3.05, 3.63) is 27.9 Å². The fourth-order valence-electron chi connectivity index (χ4n) is 1.90. The fourth-order valence-corrected chi connectivity index (χ4v) is 1.90. The molecule has 0 saturated heterocycles. The number of hydrogen-bond acceptors (Lipinski definition) is 6. The molecule has 1 aliphatic rings. The first-order chi connectivity index (χ1) is 8.52. The second-order valence-electron chi connectivity index (χ2n) is 4.19. The van der Waals surface area contributed by atoms with Crippen molar-refractivity contribution in [2.75, 3.05) is 7.11 Å². The number of aliphatic hydroxyl groups is 1. The summed E-state index contributed by atoms with van der Waals surface area (Å²) >= 11 is 0. The van der Waals surface area contributed by atoms with E-state index < -0.39 is 17.1 Å². The van der Waals surface area contributed by atoms with Crippen molar-refractivity contribution in [3.63, 3.8) is 0 Å². The van der Waals surface area contributed by atoms with E-state index in [1.54, 1.807) is 13.0 Å². The minimum absolute atomic E-state index is 0.101. The summed E-state index contributed by atoms with van der Waals surface area (Å²) in [5, 5.41) is 20.3. The maximum absolute atomic E-state index is 10.9. The van der Waals surface area contributed by atoms with Gasteiger partial charge in [0.2, 0.25) is 5.75 Å².